The van der Waals surface area contributed by atoms with Gasteiger partial charge in [0.25, 0.3) is 0 Å². The van der Waals surface area contributed by atoms with Crippen molar-refractivity contribution in [2.24, 2.45) is 0 Å². The fourth-order valence-corrected chi connectivity index (χ4v) is 2.57. The highest BCUT2D eigenvalue weighted by atomic mass is 31.2. The van der Waals surface area contributed by atoms with Crippen LogP contribution in [0.2, 0.25) is 0 Å². The van der Waals surface area contributed by atoms with E-state index >= 15 is 0 Å². The Bertz CT molecular complexity index is 406. The molecule has 0 unspecified atom stereocenters. The molecule has 116 valence electrons. The van der Waals surface area contributed by atoms with Gasteiger partial charge in [0.05, 0.1) is 34.2 Å². The summed E-state index contributed by atoms with van der Waals surface area (Å²) in [5.41, 5.74) is -2.03. The minimum absolute atomic E-state index is 0.614. The molecule has 0 bridgehead atoms. The van der Waals surface area contributed by atoms with Gasteiger partial charge in [-0.2, -0.15) is 0 Å². The highest BCUT2D eigenvalue weighted by molar-refractivity contribution is 7.57. The van der Waals surface area contributed by atoms with Crippen LogP contribution in [0.5, 0.6) is 0 Å². The van der Waals surface area contributed by atoms with Gasteiger partial charge in [0.1, 0.15) is 0 Å². The van der Waals surface area contributed by atoms with Crippen LogP contribution in [0.4, 0.5) is 0 Å². The molecule has 0 N–H and O–H groups in total. The molecule has 8 nitrogen and oxygen atoms in total. The van der Waals surface area contributed by atoms with Crippen molar-refractivity contribution >= 4 is 25.3 Å². The van der Waals surface area contributed by atoms with E-state index in [1.54, 1.807) is 0 Å². The third kappa shape index (κ3) is 5.71. The smallest absolute Gasteiger partial charge is 0.339 e. The first-order valence-electron chi connectivity index (χ1n) is 5.58. The summed E-state index contributed by atoms with van der Waals surface area (Å²) in [6.45, 7) is 2.50. The second kappa shape index (κ2) is 7.40. The van der Waals surface area contributed by atoms with Gasteiger partial charge >= 0.3 is 17.9 Å². The molecule has 0 aromatic rings. The van der Waals surface area contributed by atoms with Crippen molar-refractivity contribution in [3.63, 3.8) is 0 Å². The molecule has 9 heteroatoms. The van der Waals surface area contributed by atoms with E-state index in [2.05, 4.69) is 14.2 Å². The molecule has 0 saturated heterocycles. The van der Waals surface area contributed by atoms with Crippen molar-refractivity contribution in [2.45, 2.75) is 18.4 Å². The van der Waals surface area contributed by atoms with Crippen LogP contribution in [0.3, 0.4) is 0 Å². The maximum Gasteiger partial charge on any atom is 0.339 e. The molecule has 0 aliphatic heterocycles. The van der Waals surface area contributed by atoms with Crippen LogP contribution < -0.4 is 0 Å². The first-order valence-corrected chi connectivity index (χ1v) is 8.10. The maximum atomic E-state index is 11.9. The third-order valence-electron chi connectivity index (χ3n) is 2.27. The van der Waals surface area contributed by atoms with E-state index < -0.39 is 43.7 Å². The van der Waals surface area contributed by atoms with Crippen molar-refractivity contribution in [2.75, 3.05) is 34.7 Å². The highest BCUT2D eigenvalue weighted by Gasteiger charge is 2.48. The summed E-state index contributed by atoms with van der Waals surface area (Å²) in [6.07, 6.45) is -1.23. The minimum Gasteiger partial charge on any atom is -0.469 e. The average Bonchev–Trinajstić information content (AvgIpc) is 2.34. The summed E-state index contributed by atoms with van der Waals surface area (Å²) in [7, 11) is 0.0789. The first-order chi connectivity index (χ1) is 9.10. The average molecular weight is 310 g/mol. The van der Waals surface area contributed by atoms with Crippen molar-refractivity contribution < 1.29 is 37.7 Å². The quantitative estimate of drug-likeness (QED) is 0.382. The Hall–Kier alpha value is -1.40. The zero-order valence-corrected chi connectivity index (χ0v) is 13.0. The lowest BCUT2D eigenvalue weighted by molar-refractivity contribution is -0.171. The van der Waals surface area contributed by atoms with Crippen LogP contribution in [-0.4, -0.2) is 58.2 Å². The molecule has 0 saturated carbocycles. The van der Waals surface area contributed by atoms with Crippen molar-refractivity contribution in [1.29, 1.82) is 0 Å². The molecule has 0 fully saturated rings. The fraction of sp³-hybridized carbons (Fsp3) is 0.727. The lowest BCUT2D eigenvalue weighted by Gasteiger charge is -2.30. The van der Waals surface area contributed by atoms with Gasteiger partial charge in [0, 0.05) is 13.3 Å². The molecule has 0 aromatic heterocycles. The summed E-state index contributed by atoms with van der Waals surface area (Å²) in [5, 5.41) is 0. The first kappa shape index (κ1) is 18.6. The van der Waals surface area contributed by atoms with E-state index in [0.717, 1.165) is 21.3 Å². The summed E-state index contributed by atoms with van der Waals surface area (Å²) < 4.78 is 30.5. The number of hydrogen-bond acceptors (Lipinski definition) is 8. The Kier molecular flexibility index (Phi) is 6.88. The minimum atomic E-state index is -3.20. The van der Waals surface area contributed by atoms with E-state index in [9.17, 15) is 18.9 Å². The van der Waals surface area contributed by atoms with E-state index in [-0.39, 0.29) is 0 Å². The van der Waals surface area contributed by atoms with E-state index in [1.807, 2.05) is 0 Å². The van der Waals surface area contributed by atoms with E-state index in [0.29, 0.717) is 0 Å². The molecular formula is C11H19O8P. The number of ether oxygens (including phenoxy) is 3. The molecule has 0 radical (unpaired) electrons. The van der Waals surface area contributed by atoms with Gasteiger partial charge in [0.2, 0.25) is 0 Å². The van der Waals surface area contributed by atoms with Crippen LogP contribution in [0.15, 0.2) is 0 Å². The van der Waals surface area contributed by atoms with Crippen LogP contribution in [-0.2, 0) is 37.7 Å². The Morgan fingerprint density at radius 1 is 0.900 bits per heavy atom. The summed E-state index contributed by atoms with van der Waals surface area (Å²) in [6, 6.07) is 0. The number of rotatable bonds is 7. The van der Waals surface area contributed by atoms with Gasteiger partial charge in [-0.25, -0.2) is 4.79 Å². The lowest BCUT2D eigenvalue weighted by atomic mass is 9.95. The fourth-order valence-electron chi connectivity index (χ4n) is 1.53. The molecule has 0 aliphatic rings. The normalized spacial score (nSPS) is 11.7. The number of hydrogen-bond donors (Lipinski definition) is 0. The monoisotopic (exact) mass is 310 g/mol. The Balaban J connectivity index is 5.61. The van der Waals surface area contributed by atoms with Gasteiger partial charge < -0.3 is 18.7 Å². The number of esters is 3. The molecule has 20 heavy (non-hydrogen) atoms. The molecule has 0 heterocycles. The Morgan fingerprint density at radius 2 is 1.30 bits per heavy atom. The van der Waals surface area contributed by atoms with Crippen molar-refractivity contribution in [1.82, 2.24) is 0 Å². The summed E-state index contributed by atoms with van der Waals surface area (Å²) in [5.74, 6) is -2.63. The number of carbonyl (C=O) groups is 3. The maximum absolute atomic E-state index is 11.9. The summed E-state index contributed by atoms with van der Waals surface area (Å²) >= 11 is 0. The van der Waals surface area contributed by atoms with Gasteiger partial charge in [-0.15, -0.1) is 0 Å². The van der Waals surface area contributed by atoms with Gasteiger partial charge in [0.15, 0.2) is 13.0 Å². The number of carbonyl (C=O) groups excluding carboxylic acids is 3. The second-order valence-electron chi connectivity index (χ2n) is 4.34. The third-order valence-corrected chi connectivity index (χ3v) is 3.06. The van der Waals surface area contributed by atoms with Crippen LogP contribution in [0, 0.1) is 0 Å². The van der Waals surface area contributed by atoms with Crippen LogP contribution in [0.1, 0.15) is 12.8 Å². The standard InChI is InChI=1S/C11H19O8P/c1-16-8(12)6-11(10(14)18-3,7-9(13)17-2)19-20(4,5)15/h6-7H2,1-5H3. The molecular weight excluding hydrogens is 291 g/mol. The zero-order valence-electron chi connectivity index (χ0n) is 12.1. The Morgan fingerprint density at radius 3 is 1.55 bits per heavy atom. The lowest BCUT2D eigenvalue weighted by Crippen LogP contribution is -2.46. The molecule has 0 atom stereocenters. The van der Waals surface area contributed by atoms with Crippen LogP contribution in [0.25, 0.3) is 0 Å². The van der Waals surface area contributed by atoms with E-state index in [1.165, 1.54) is 13.3 Å². The SMILES string of the molecule is COC(=O)CC(CC(=O)OC)(OP(C)(C)=O)C(=O)OC. The summed E-state index contributed by atoms with van der Waals surface area (Å²) in [4.78, 5) is 34.8. The second-order valence-corrected chi connectivity index (χ2v) is 7.02. The van der Waals surface area contributed by atoms with Crippen LogP contribution >= 0.6 is 7.37 Å². The highest BCUT2D eigenvalue weighted by Crippen LogP contribution is 2.45. The molecule has 0 spiro atoms. The van der Waals surface area contributed by atoms with E-state index in [4.69, 9.17) is 4.52 Å². The van der Waals surface area contributed by atoms with Gasteiger partial charge in [-0.1, -0.05) is 0 Å². The number of methoxy groups -OCH3 is 3. The predicted molar refractivity (Wildman–Crippen MR) is 68.6 cm³/mol. The Labute approximate surface area is 117 Å². The zero-order chi connectivity index (χ0) is 16.0. The van der Waals surface area contributed by atoms with Crippen molar-refractivity contribution in [3.8, 4) is 0 Å². The molecule has 0 amide bonds. The topological polar surface area (TPSA) is 105 Å². The van der Waals surface area contributed by atoms with Gasteiger partial charge in [-0.05, 0) is 0 Å². The largest absolute Gasteiger partial charge is 0.469 e. The molecule has 0 aromatic carbocycles. The molecule has 0 rings (SSSR count). The van der Waals surface area contributed by atoms with Crippen molar-refractivity contribution in [3.05, 3.63) is 0 Å². The predicted octanol–water partition coefficient (Wildman–Crippen LogP) is 0.579. The van der Waals surface area contributed by atoms with Gasteiger partial charge in [-0.3, -0.25) is 14.2 Å². The molecule has 0 aliphatic carbocycles.